The van der Waals surface area contributed by atoms with Crippen molar-refractivity contribution in [1.82, 2.24) is 5.32 Å². The minimum atomic E-state index is -0.481. The zero-order chi connectivity index (χ0) is 13.7. The summed E-state index contributed by atoms with van der Waals surface area (Å²) in [4.78, 5) is 11.8. The molecule has 4 heteroatoms. The van der Waals surface area contributed by atoms with E-state index in [0.717, 1.165) is 31.6 Å². The Kier molecular flexibility index (Phi) is 4.93. The molecule has 0 bridgehead atoms. The van der Waals surface area contributed by atoms with Gasteiger partial charge in [0, 0.05) is 13.2 Å². The Morgan fingerprint density at radius 3 is 2.79 bits per heavy atom. The van der Waals surface area contributed by atoms with Gasteiger partial charge in [0.2, 0.25) is 5.91 Å². The van der Waals surface area contributed by atoms with Crippen LogP contribution in [-0.4, -0.2) is 25.2 Å². The third-order valence-corrected chi connectivity index (χ3v) is 3.53. The number of benzene rings is 1. The lowest BCUT2D eigenvalue weighted by Crippen LogP contribution is -2.40. The van der Waals surface area contributed by atoms with Crippen LogP contribution >= 0.6 is 0 Å². The summed E-state index contributed by atoms with van der Waals surface area (Å²) in [6.07, 6.45) is 1.97. The Labute approximate surface area is 114 Å². The maximum absolute atomic E-state index is 11.8. The Balaban J connectivity index is 2.06. The van der Waals surface area contributed by atoms with Crippen LogP contribution in [0.3, 0.4) is 0 Å². The highest BCUT2D eigenvalue weighted by atomic mass is 16.5. The number of rotatable bonds is 5. The summed E-state index contributed by atoms with van der Waals surface area (Å²) in [6.45, 7) is 3.32. The molecule has 1 fully saturated rings. The van der Waals surface area contributed by atoms with Crippen LogP contribution in [0.15, 0.2) is 30.3 Å². The van der Waals surface area contributed by atoms with Gasteiger partial charge in [0.1, 0.15) is 0 Å². The summed E-state index contributed by atoms with van der Waals surface area (Å²) >= 11 is 0. The molecule has 0 aliphatic carbocycles. The minimum absolute atomic E-state index is 0.0198. The lowest BCUT2D eigenvalue weighted by molar-refractivity contribution is -0.122. The number of ether oxygens (including phenoxy) is 1. The van der Waals surface area contributed by atoms with Gasteiger partial charge in [-0.3, -0.25) is 4.79 Å². The van der Waals surface area contributed by atoms with Crippen molar-refractivity contribution in [1.29, 1.82) is 0 Å². The SMILES string of the molecule is CC(N)C(=O)NC(CC1CCOC1)c1ccccc1. The Hall–Kier alpha value is -1.39. The second-order valence-corrected chi connectivity index (χ2v) is 5.23. The first kappa shape index (κ1) is 14.0. The maximum Gasteiger partial charge on any atom is 0.237 e. The number of hydrogen-bond acceptors (Lipinski definition) is 3. The number of nitrogens with two attached hydrogens (primary N) is 1. The van der Waals surface area contributed by atoms with Crippen molar-refractivity contribution < 1.29 is 9.53 Å². The first-order valence-electron chi connectivity index (χ1n) is 6.85. The van der Waals surface area contributed by atoms with Gasteiger partial charge in [0.15, 0.2) is 0 Å². The van der Waals surface area contributed by atoms with Crippen molar-refractivity contribution >= 4 is 5.91 Å². The summed E-state index contributed by atoms with van der Waals surface area (Å²) in [7, 11) is 0. The van der Waals surface area contributed by atoms with Gasteiger partial charge in [-0.2, -0.15) is 0 Å². The second-order valence-electron chi connectivity index (χ2n) is 5.23. The van der Waals surface area contributed by atoms with Crippen molar-refractivity contribution in [2.75, 3.05) is 13.2 Å². The fourth-order valence-electron chi connectivity index (χ4n) is 2.37. The molecule has 3 N–H and O–H groups in total. The maximum atomic E-state index is 11.8. The molecule has 1 heterocycles. The average molecular weight is 262 g/mol. The summed E-state index contributed by atoms with van der Waals surface area (Å²) in [5.74, 6) is 0.409. The fourth-order valence-corrected chi connectivity index (χ4v) is 2.37. The summed E-state index contributed by atoms with van der Waals surface area (Å²) in [5, 5.41) is 3.04. The van der Waals surface area contributed by atoms with E-state index in [0.29, 0.717) is 5.92 Å². The molecular weight excluding hydrogens is 240 g/mol. The molecule has 1 aliphatic heterocycles. The van der Waals surface area contributed by atoms with E-state index >= 15 is 0 Å². The van der Waals surface area contributed by atoms with Crippen LogP contribution in [0, 0.1) is 5.92 Å². The predicted molar refractivity (Wildman–Crippen MR) is 74.5 cm³/mol. The van der Waals surface area contributed by atoms with Gasteiger partial charge in [-0.25, -0.2) is 0 Å². The van der Waals surface area contributed by atoms with Gasteiger partial charge >= 0.3 is 0 Å². The topological polar surface area (TPSA) is 64.4 Å². The number of carbonyl (C=O) groups excluding carboxylic acids is 1. The molecular formula is C15H22N2O2. The van der Waals surface area contributed by atoms with Crippen molar-refractivity contribution in [3.05, 3.63) is 35.9 Å². The van der Waals surface area contributed by atoms with E-state index in [-0.39, 0.29) is 11.9 Å². The first-order valence-corrected chi connectivity index (χ1v) is 6.85. The predicted octanol–water partition coefficient (Wildman–Crippen LogP) is 1.62. The highest BCUT2D eigenvalue weighted by Gasteiger charge is 2.23. The molecule has 104 valence electrons. The van der Waals surface area contributed by atoms with Crippen molar-refractivity contribution in [2.24, 2.45) is 11.7 Å². The number of carbonyl (C=O) groups is 1. The van der Waals surface area contributed by atoms with Gasteiger partial charge in [-0.15, -0.1) is 0 Å². The van der Waals surface area contributed by atoms with E-state index < -0.39 is 6.04 Å². The van der Waals surface area contributed by atoms with E-state index in [4.69, 9.17) is 10.5 Å². The van der Waals surface area contributed by atoms with Gasteiger partial charge in [-0.1, -0.05) is 30.3 Å². The summed E-state index contributed by atoms with van der Waals surface area (Å²) in [5.41, 5.74) is 6.76. The molecule has 1 amide bonds. The quantitative estimate of drug-likeness (QED) is 0.847. The molecule has 0 aromatic heterocycles. The Morgan fingerprint density at radius 2 is 2.21 bits per heavy atom. The molecule has 3 unspecified atom stereocenters. The molecule has 0 spiro atoms. The molecule has 1 saturated heterocycles. The third-order valence-electron chi connectivity index (χ3n) is 3.53. The van der Waals surface area contributed by atoms with Crippen LogP contribution in [-0.2, 0) is 9.53 Å². The van der Waals surface area contributed by atoms with Crippen molar-refractivity contribution in [3.63, 3.8) is 0 Å². The van der Waals surface area contributed by atoms with Crippen molar-refractivity contribution in [3.8, 4) is 0 Å². The summed E-state index contributed by atoms with van der Waals surface area (Å²) < 4.78 is 5.41. The van der Waals surface area contributed by atoms with Gasteiger partial charge in [-0.05, 0) is 31.2 Å². The molecule has 1 aromatic carbocycles. The van der Waals surface area contributed by atoms with E-state index in [1.165, 1.54) is 0 Å². The minimum Gasteiger partial charge on any atom is -0.381 e. The Morgan fingerprint density at radius 1 is 1.47 bits per heavy atom. The van der Waals surface area contributed by atoms with Crippen LogP contribution < -0.4 is 11.1 Å². The zero-order valence-electron chi connectivity index (χ0n) is 11.3. The smallest absolute Gasteiger partial charge is 0.237 e. The molecule has 4 nitrogen and oxygen atoms in total. The van der Waals surface area contributed by atoms with Crippen LogP contribution in [0.5, 0.6) is 0 Å². The molecule has 1 aromatic rings. The molecule has 0 saturated carbocycles. The zero-order valence-corrected chi connectivity index (χ0v) is 11.3. The average Bonchev–Trinajstić information content (AvgIpc) is 2.91. The van der Waals surface area contributed by atoms with Crippen LogP contribution in [0.4, 0.5) is 0 Å². The van der Waals surface area contributed by atoms with Crippen LogP contribution in [0.2, 0.25) is 0 Å². The van der Waals surface area contributed by atoms with Crippen LogP contribution in [0.1, 0.15) is 31.4 Å². The first-order chi connectivity index (χ1) is 9.16. The number of amides is 1. The van der Waals surface area contributed by atoms with E-state index in [9.17, 15) is 4.79 Å². The van der Waals surface area contributed by atoms with E-state index in [2.05, 4.69) is 5.32 Å². The monoisotopic (exact) mass is 262 g/mol. The number of hydrogen-bond donors (Lipinski definition) is 2. The Bertz CT molecular complexity index is 400. The molecule has 19 heavy (non-hydrogen) atoms. The lowest BCUT2D eigenvalue weighted by Gasteiger charge is -2.23. The van der Waals surface area contributed by atoms with Crippen LogP contribution in [0.25, 0.3) is 0 Å². The van der Waals surface area contributed by atoms with E-state index in [1.807, 2.05) is 30.3 Å². The molecule has 3 atom stereocenters. The third kappa shape index (κ3) is 4.04. The highest BCUT2D eigenvalue weighted by molar-refractivity contribution is 5.81. The standard InChI is InChI=1S/C15H22N2O2/c1-11(16)15(18)17-14(9-12-7-8-19-10-12)13-5-3-2-4-6-13/h2-6,11-12,14H,7-10,16H2,1H3,(H,17,18). The fraction of sp³-hybridized carbons (Fsp3) is 0.533. The summed E-state index contributed by atoms with van der Waals surface area (Å²) in [6, 6.07) is 9.59. The number of nitrogens with one attached hydrogen (secondary N) is 1. The highest BCUT2D eigenvalue weighted by Crippen LogP contribution is 2.26. The second kappa shape index (κ2) is 6.68. The molecule has 2 rings (SSSR count). The van der Waals surface area contributed by atoms with Crippen molar-refractivity contribution in [2.45, 2.75) is 31.8 Å². The van der Waals surface area contributed by atoms with Gasteiger partial charge < -0.3 is 15.8 Å². The normalized spacial score (nSPS) is 21.9. The van der Waals surface area contributed by atoms with E-state index in [1.54, 1.807) is 6.92 Å². The molecule has 1 aliphatic rings. The molecule has 0 radical (unpaired) electrons. The van der Waals surface area contributed by atoms with Gasteiger partial charge in [0.05, 0.1) is 12.1 Å². The largest absolute Gasteiger partial charge is 0.381 e. The van der Waals surface area contributed by atoms with Gasteiger partial charge in [0.25, 0.3) is 0 Å². The lowest BCUT2D eigenvalue weighted by atomic mass is 9.94.